The van der Waals surface area contributed by atoms with Gasteiger partial charge in [-0.1, -0.05) is 0 Å². The first-order valence-electron chi connectivity index (χ1n) is 8.04. The maximum Gasteiger partial charge on any atom is 0.191 e. The number of guanidine groups is 1. The summed E-state index contributed by atoms with van der Waals surface area (Å²) in [5, 5.41) is 14.8. The molecule has 132 valence electrons. The average molecular weight is 326 g/mol. The molecular weight excluding hydrogens is 296 g/mol. The van der Waals surface area contributed by atoms with Crippen molar-refractivity contribution in [2.24, 2.45) is 12.0 Å². The van der Waals surface area contributed by atoms with Gasteiger partial charge in [0.1, 0.15) is 12.4 Å². The number of nitrogens with zero attached hydrogens (tertiary/aromatic N) is 4. The topological polar surface area (TPSA) is 85.6 Å². The van der Waals surface area contributed by atoms with Crippen LogP contribution in [-0.4, -0.2) is 60.2 Å². The lowest BCUT2D eigenvalue weighted by Crippen LogP contribution is -2.44. The van der Waals surface area contributed by atoms with E-state index in [4.69, 9.17) is 9.47 Å². The number of aryl methyl sites for hydroxylation is 1. The molecule has 0 saturated heterocycles. The smallest absolute Gasteiger partial charge is 0.191 e. The van der Waals surface area contributed by atoms with Gasteiger partial charge in [-0.05, 0) is 27.2 Å². The molecule has 0 bridgehead atoms. The average Bonchev–Trinajstić information content (AvgIpc) is 2.84. The number of ether oxygens (including phenoxy) is 2. The van der Waals surface area contributed by atoms with Gasteiger partial charge in [-0.15, -0.1) is 10.2 Å². The quantitative estimate of drug-likeness (QED) is 0.372. The number of aromatic nitrogens is 3. The normalized spacial score (nSPS) is 13.2. The van der Waals surface area contributed by atoms with Crippen molar-refractivity contribution in [3.8, 4) is 0 Å². The third-order valence-electron chi connectivity index (χ3n) is 3.32. The number of hydrogen-bond acceptors (Lipinski definition) is 5. The van der Waals surface area contributed by atoms with Gasteiger partial charge in [0.15, 0.2) is 11.8 Å². The van der Waals surface area contributed by atoms with Crippen molar-refractivity contribution < 1.29 is 9.47 Å². The second kappa shape index (κ2) is 11.0. The number of nitrogens with one attached hydrogen (secondary N) is 2. The van der Waals surface area contributed by atoms with Crippen molar-refractivity contribution in [3.05, 3.63) is 11.6 Å². The summed E-state index contributed by atoms with van der Waals surface area (Å²) in [5.74, 6) is 2.45. The molecule has 2 N–H and O–H groups in total. The van der Waals surface area contributed by atoms with Crippen LogP contribution in [0.4, 0.5) is 0 Å². The van der Waals surface area contributed by atoms with Crippen LogP contribution in [0.15, 0.2) is 4.99 Å². The van der Waals surface area contributed by atoms with Crippen molar-refractivity contribution in [3.63, 3.8) is 0 Å². The van der Waals surface area contributed by atoms with Crippen LogP contribution in [0.25, 0.3) is 0 Å². The van der Waals surface area contributed by atoms with E-state index < -0.39 is 0 Å². The Balaban J connectivity index is 2.57. The molecule has 8 heteroatoms. The Morgan fingerprint density at radius 2 is 2.17 bits per heavy atom. The molecule has 8 nitrogen and oxygen atoms in total. The van der Waals surface area contributed by atoms with Crippen LogP contribution >= 0.6 is 0 Å². The molecular formula is C15H30N6O2. The zero-order chi connectivity index (χ0) is 17.1. The Labute approximate surface area is 138 Å². The van der Waals surface area contributed by atoms with Crippen LogP contribution in [0.1, 0.15) is 31.9 Å². The number of methoxy groups -OCH3 is 1. The molecule has 1 rings (SSSR count). The van der Waals surface area contributed by atoms with Gasteiger partial charge in [0, 0.05) is 40.0 Å². The van der Waals surface area contributed by atoms with Gasteiger partial charge < -0.3 is 24.7 Å². The highest BCUT2D eigenvalue weighted by Gasteiger charge is 2.07. The predicted octanol–water partition coefficient (Wildman–Crippen LogP) is 0.620. The van der Waals surface area contributed by atoms with Crippen LogP contribution in [0, 0.1) is 6.92 Å². The van der Waals surface area contributed by atoms with Crippen LogP contribution in [-0.2, 0) is 23.1 Å². The fourth-order valence-corrected chi connectivity index (χ4v) is 1.94. The van der Waals surface area contributed by atoms with Crippen molar-refractivity contribution in [2.75, 3.05) is 33.5 Å². The van der Waals surface area contributed by atoms with E-state index in [2.05, 4.69) is 25.8 Å². The van der Waals surface area contributed by atoms with E-state index in [1.54, 1.807) is 7.11 Å². The standard InChI is InChI=1S/C15H30N6O2/c1-6-23-9-7-8-16-15(18-12(2)11-22-5)17-10-14-20-19-13(3)21(14)4/h12H,6-11H2,1-5H3,(H2,16,17,18). The molecule has 23 heavy (non-hydrogen) atoms. The summed E-state index contributed by atoms with van der Waals surface area (Å²) in [6.45, 7) is 9.34. The van der Waals surface area contributed by atoms with E-state index in [-0.39, 0.29) is 6.04 Å². The molecule has 0 aliphatic rings. The first-order valence-corrected chi connectivity index (χ1v) is 8.04. The Morgan fingerprint density at radius 3 is 2.78 bits per heavy atom. The lowest BCUT2D eigenvalue weighted by molar-refractivity contribution is 0.145. The molecule has 0 aliphatic heterocycles. The van der Waals surface area contributed by atoms with Gasteiger partial charge in [-0.25, -0.2) is 4.99 Å². The Hall–Kier alpha value is -1.67. The predicted molar refractivity (Wildman–Crippen MR) is 90.5 cm³/mol. The molecule has 0 saturated carbocycles. The lowest BCUT2D eigenvalue weighted by Gasteiger charge is -2.17. The maximum atomic E-state index is 5.34. The minimum absolute atomic E-state index is 0.166. The van der Waals surface area contributed by atoms with E-state index in [1.807, 2.05) is 32.4 Å². The van der Waals surface area contributed by atoms with Gasteiger partial charge >= 0.3 is 0 Å². The van der Waals surface area contributed by atoms with Gasteiger partial charge in [0.25, 0.3) is 0 Å². The summed E-state index contributed by atoms with van der Waals surface area (Å²) >= 11 is 0. The molecule has 0 amide bonds. The fourth-order valence-electron chi connectivity index (χ4n) is 1.94. The Bertz CT molecular complexity index is 475. The van der Waals surface area contributed by atoms with Crippen molar-refractivity contribution in [2.45, 2.75) is 39.8 Å². The van der Waals surface area contributed by atoms with E-state index in [1.165, 1.54) is 0 Å². The molecule has 1 aromatic heterocycles. The Kier molecular flexibility index (Phi) is 9.23. The maximum absolute atomic E-state index is 5.34. The molecule has 0 aliphatic carbocycles. The van der Waals surface area contributed by atoms with Gasteiger partial charge in [-0.2, -0.15) is 0 Å². The van der Waals surface area contributed by atoms with Crippen LogP contribution in [0.2, 0.25) is 0 Å². The number of rotatable bonds is 10. The summed E-state index contributed by atoms with van der Waals surface area (Å²) in [6.07, 6.45) is 0.927. The summed E-state index contributed by atoms with van der Waals surface area (Å²) < 4.78 is 12.4. The minimum Gasteiger partial charge on any atom is -0.383 e. The van der Waals surface area contributed by atoms with Crippen molar-refractivity contribution in [1.29, 1.82) is 0 Å². The molecule has 1 aromatic rings. The zero-order valence-corrected chi connectivity index (χ0v) is 14.9. The van der Waals surface area contributed by atoms with Gasteiger partial charge in [0.05, 0.1) is 6.61 Å². The van der Waals surface area contributed by atoms with E-state index in [0.29, 0.717) is 13.2 Å². The molecule has 0 fully saturated rings. The van der Waals surface area contributed by atoms with Crippen LogP contribution < -0.4 is 10.6 Å². The van der Waals surface area contributed by atoms with Gasteiger partial charge in [-0.3, -0.25) is 0 Å². The first kappa shape index (κ1) is 19.4. The van der Waals surface area contributed by atoms with E-state index in [9.17, 15) is 0 Å². The molecule has 0 radical (unpaired) electrons. The summed E-state index contributed by atoms with van der Waals surface area (Å²) in [5.41, 5.74) is 0. The SMILES string of the molecule is CCOCCCNC(=NCc1nnc(C)n1C)NC(C)COC. The second-order valence-electron chi connectivity index (χ2n) is 5.37. The molecule has 1 heterocycles. The van der Waals surface area contributed by atoms with Gasteiger partial charge in [0.2, 0.25) is 0 Å². The molecule has 0 spiro atoms. The minimum atomic E-state index is 0.166. The third kappa shape index (κ3) is 7.43. The monoisotopic (exact) mass is 326 g/mol. The number of hydrogen-bond donors (Lipinski definition) is 2. The highest BCUT2D eigenvalue weighted by atomic mass is 16.5. The van der Waals surface area contributed by atoms with Crippen molar-refractivity contribution >= 4 is 5.96 Å². The highest BCUT2D eigenvalue weighted by molar-refractivity contribution is 5.80. The van der Waals surface area contributed by atoms with Crippen molar-refractivity contribution in [1.82, 2.24) is 25.4 Å². The molecule has 1 atom stereocenters. The van der Waals surface area contributed by atoms with Crippen LogP contribution in [0.5, 0.6) is 0 Å². The third-order valence-corrected chi connectivity index (χ3v) is 3.32. The summed E-state index contributed by atoms with van der Waals surface area (Å²) in [6, 6.07) is 0.166. The summed E-state index contributed by atoms with van der Waals surface area (Å²) in [7, 11) is 3.63. The lowest BCUT2D eigenvalue weighted by atomic mass is 10.3. The van der Waals surface area contributed by atoms with E-state index >= 15 is 0 Å². The molecule has 1 unspecified atom stereocenters. The largest absolute Gasteiger partial charge is 0.383 e. The van der Waals surface area contributed by atoms with E-state index in [0.717, 1.165) is 43.8 Å². The summed E-state index contributed by atoms with van der Waals surface area (Å²) in [4.78, 5) is 4.58. The zero-order valence-electron chi connectivity index (χ0n) is 14.9. The fraction of sp³-hybridized carbons (Fsp3) is 0.800. The molecule has 0 aromatic carbocycles. The Morgan fingerprint density at radius 1 is 1.39 bits per heavy atom. The highest BCUT2D eigenvalue weighted by Crippen LogP contribution is 1.99. The first-order chi connectivity index (χ1) is 11.1. The number of aliphatic imine (C=N–C) groups is 1. The van der Waals surface area contributed by atoms with Crippen LogP contribution in [0.3, 0.4) is 0 Å². The second-order valence-corrected chi connectivity index (χ2v) is 5.37.